The first-order valence-electron chi connectivity index (χ1n) is 8.33. The summed E-state index contributed by atoms with van der Waals surface area (Å²) in [6, 6.07) is 0. The van der Waals surface area contributed by atoms with Crippen LogP contribution in [0.5, 0.6) is 0 Å². The molecule has 0 radical (unpaired) electrons. The molecule has 0 aromatic carbocycles. The lowest BCUT2D eigenvalue weighted by Gasteiger charge is -2.36. The molecule has 0 spiro atoms. The van der Waals surface area contributed by atoms with E-state index in [4.69, 9.17) is 9.47 Å². The molecule has 1 fully saturated rings. The minimum absolute atomic E-state index is 0.155. The highest BCUT2D eigenvalue weighted by atomic mass is 16.5. The van der Waals surface area contributed by atoms with Gasteiger partial charge < -0.3 is 19.9 Å². The number of nitrogens with zero attached hydrogens (tertiary/aromatic N) is 1. The second-order valence-corrected chi connectivity index (χ2v) is 6.04. The van der Waals surface area contributed by atoms with E-state index in [-0.39, 0.29) is 12.5 Å². The third-order valence-corrected chi connectivity index (χ3v) is 4.18. The number of hydrogen-bond donors (Lipinski definition) is 2. The standard InChI is InChI=1S/C16H30N2O5/c1-4-5-6-7-8-16(21,15(20)22-3)12-18-9-10-23-13(11-18)14(19)17-2/h13,21H,4-12H2,1-3H3,(H,17,19). The van der Waals surface area contributed by atoms with Gasteiger partial charge in [-0.1, -0.05) is 26.2 Å². The average Bonchev–Trinajstić information content (AvgIpc) is 2.57. The van der Waals surface area contributed by atoms with Gasteiger partial charge in [-0.3, -0.25) is 9.69 Å². The summed E-state index contributed by atoms with van der Waals surface area (Å²) in [5.41, 5.74) is -1.53. The van der Waals surface area contributed by atoms with E-state index in [9.17, 15) is 14.7 Å². The summed E-state index contributed by atoms with van der Waals surface area (Å²) in [5.74, 6) is -0.809. The molecule has 2 N–H and O–H groups in total. The molecule has 23 heavy (non-hydrogen) atoms. The molecule has 0 aliphatic carbocycles. The van der Waals surface area contributed by atoms with Crippen LogP contribution in [0, 0.1) is 0 Å². The van der Waals surface area contributed by atoms with E-state index >= 15 is 0 Å². The van der Waals surface area contributed by atoms with Crippen LogP contribution in [0.2, 0.25) is 0 Å². The zero-order chi connectivity index (χ0) is 17.3. The van der Waals surface area contributed by atoms with Gasteiger partial charge in [0.15, 0.2) is 5.60 Å². The van der Waals surface area contributed by atoms with E-state index in [1.807, 2.05) is 4.90 Å². The van der Waals surface area contributed by atoms with Gasteiger partial charge >= 0.3 is 5.97 Å². The summed E-state index contributed by atoms with van der Waals surface area (Å²) in [6.45, 7) is 3.59. The van der Waals surface area contributed by atoms with Crippen LogP contribution in [0.25, 0.3) is 0 Å². The van der Waals surface area contributed by atoms with Crippen molar-refractivity contribution in [2.75, 3.05) is 40.4 Å². The molecule has 1 heterocycles. The van der Waals surface area contributed by atoms with Crippen LogP contribution in [0.15, 0.2) is 0 Å². The molecule has 0 aromatic rings. The Morgan fingerprint density at radius 2 is 2.13 bits per heavy atom. The predicted molar refractivity (Wildman–Crippen MR) is 86.0 cm³/mol. The first-order valence-corrected chi connectivity index (χ1v) is 8.33. The molecule has 1 aliphatic heterocycles. The Morgan fingerprint density at radius 1 is 1.39 bits per heavy atom. The van der Waals surface area contributed by atoms with Crippen molar-refractivity contribution in [3.8, 4) is 0 Å². The summed E-state index contributed by atoms with van der Waals surface area (Å²) in [6.07, 6.45) is 3.70. The summed E-state index contributed by atoms with van der Waals surface area (Å²) < 4.78 is 10.2. The smallest absolute Gasteiger partial charge is 0.339 e. The third kappa shape index (κ3) is 6.08. The van der Waals surface area contributed by atoms with Crippen molar-refractivity contribution in [2.45, 2.75) is 50.7 Å². The van der Waals surface area contributed by atoms with E-state index in [1.165, 1.54) is 7.11 Å². The molecule has 1 aliphatic rings. The number of aliphatic hydroxyl groups is 1. The van der Waals surface area contributed by atoms with Crippen LogP contribution in [-0.2, 0) is 19.1 Å². The number of amides is 1. The Hall–Kier alpha value is -1.18. The van der Waals surface area contributed by atoms with Crippen LogP contribution in [0.1, 0.15) is 39.0 Å². The number of rotatable bonds is 9. The topological polar surface area (TPSA) is 88.1 Å². The fraction of sp³-hybridized carbons (Fsp3) is 0.875. The number of methoxy groups -OCH3 is 1. The zero-order valence-corrected chi connectivity index (χ0v) is 14.5. The average molecular weight is 330 g/mol. The summed E-state index contributed by atoms with van der Waals surface area (Å²) >= 11 is 0. The molecular formula is C16H30N2O5. The third-order valence-electron chi connectivity index (χ3n) is 4.18. The predicted octanol–water partition coefficient (Wildman–Crippen LogP) is 0.308. The summed E-state index contributed by atoms with van der Waals surface area (Å²) in [5, 5.41) is 13.3. The van der Waals surface area contributed by atoms with E-state index in [0.29, 0.717) is 26.1 Å². The molecular weight excluding hydrogens is 300 g/mol. The van der Waals surface area contributed by atoms with Gasteiger partial charge in [0.25, 0.3) is 0 Å². The number of nitrogens with one attached hydrogen (secondary N) is 1. The second-order valence-electron chi connectivity index (χ2n) is 6.04. The Morgan fingerprint density at radius 3 is 2.74 bits per heavy atom. The normalized spacial score (nSPS) is 21.5. The number of esters is 1. The molecule has 0 saturated carbocycles. The highest BCUT2D eigenvalue weighted by Gasteiger charge is 2.40. The number of carbonyl (C=O) groups is 2. The van der Waals surface area contributed by atoms with Crippen molar-refractivity contribution in [2.24, 2.45) is 0 Å². The van der Waals surface area contributed by atoms with Crippen molar-refractivity contribution < 1.29 is 24.2 Å². The van der Waals surface area contributed by atoms with E-state index in [0.717, 1.165) is 25.7 Å². The fourth-order valence-electron chi connectivity index (χ4n) is 2.82. The highest BCUT2D eigenvalue weighted by Crippen LogP contribution is 2.21. The van der Waals surface area contributed by atoms with Gasteiger partial charge in [-0.25, -0.2) is 4.79 Å². The molecule has 2 unspecified atom stereocenters. The SMILES string of the molecule is CCCCCCC(O)(CN1CCOC(C(=O)NC)C1)C(=O)OC. The summed E-state index contributed by atoms with van der Waals surface area (Å²) in [7, 11) is 2.84. The van der Waals surface area contributed by atoms with Gasteiger partial charge in [-0.05, 0) is 12.8 Å². The molecule has 0 bridgehead atoms. The van der Waals surface area contributed by atoms with Crippen molar-refractivity contribution in [3.05, 3.63) is 0 Å². The maximum absolute atomic E-state index is 12.0. The molecule has 134 valence electrons. The van der Waals surface area contributed by atoms with Crippen LogP contribution in [0.3, 0.4) is 0 Å². The lowest BCUT2D eigenvalue weighted by atomic mass is 9.94. The molecule has 1 amide bonds. The number of ether oxygens (including phenoxy) is 2. The Labute approximate surface area is 138 Å². The van der Waals surface area contributed by atoms with E-state index < -0.39 is 17.7 Å². The summed E-state index contributed by atoms with van der Waals surface area (Å²) in [4.78, 5) is 25.6. The number of unbranched alkanes of at least 4 members (excludes halogenated alkanes) is 3. The number of morpholine rings is 1. The molecule has 2 atom stereocenters. The quantitative estimate of drug-likeness (QED) is 0.467. The fourth-order valence-corrected chi connectivity index (χ4v) is 2.82. The maximum atomic E-state index is 12.0. The molecule has 0 aromatic heterocycles. The van der Waals surface area contributed by atoms with Crippen LogP contribution >= 0.6 is 0 Å². The van der Waals surface area contributed by atoms with Crippen LogP contribution in [-0.4, -0.2) is 74.0 Å². The van der Waals surface area contributed by atoms with Gasteiger partial charge in [0.05, 0.1) is 13.7 Å². The monoisotopic (exact) mass is 330 g/mol. The van der Waals surface area contributed by atoms with E-state index in [1.54, 1.807) is 7.05 Å². The van der Waals surface area contributed by atoms with Gasteiger partial charge in [-0.15, -0.1) is 0 Å². The minimum atomic E-state index is -1.53. The molecule has 1 rings (SSSR count). The first kappa shape index (κ1) is 19.9. The second kappa shape index (κ2) is 9.85. The van der Waals surface area contributed by atoms with Crippen molar-refractivity contribution >= 4 is 11.9 Å². The number of β-amino-alcohol motifs (C(OH)–C–C–N with tert-alkyl or cyclic N) is 1. The maximum Gasteiger partial charge on any atom is 0.339 e. The van der Waals surface area contributed by atoms with Crippen LogP contribution in [0.4, 0.5) is 0 Å². The lowest BCUT2D eigenvalue weighted by Crippen LogP contribution is -2.56. The Kier molecular flexibility index (Phi) is 8.51. The van der Waals surface area contributed by atoms with Crippen molar-refractivity contribution in [1.82, 2.24) is 10.2 Å². The zero-order valence-electron chi connectivity index (χ0n) is 14.5. The van der Waals surface area contributed by atoms with Gasteiger partial charge in [0.2, 0.25) is 5.91 Å². The lowest BCUT2D eigenvalue weighted by molar-refractivity contribution is -0.168. The van der Waals surface area contributed by atoms with Crippen molar-refractivity contribution in [1.29, 1.82) is 0 Å². The minimum Gasteiger partial charge on any atom is -0.467 e. The number of likely N-dealkylation sites (N-methyl/N-ethyl adjacent to an activating group) is 1. The first-order chi connectivity index (χ1) is 11.0. The molecule has 7 nitrogen and oxygen atoms in total. The Balaban J connectivity index is 2.64. The number of hydrogen-bond acceptors (Lipinski definition) is 6. The molecule has 1 saturated heterocycles. The van der Waals surface area contributed by atoms with Crippen molar-refractivity contribution in [3.63, 3.8) is 0 Å². The van der Waals surface area contributed by atoms with Crippen LogP contribution < -0.4 is 5.32 Å². The largest absolute Gasteiger partial charge is 0.467 e. The van der Waals surface area contributed by atoms with Gasteiger partial charge in [0, 0.05) is 26.7 Å². The van der Waals surface area contributed by atoms with Gasteiger partial charge in [0.1, 0.15) is 6.10 Å². The highest BCUT2D eigenvalue weighted by molar-refractivity contribution is 5.81. The van der Waals surface area contributed by atoms with Gasteiger partial charge in [-0.2, -0.15) is 0 Å². The number of carbonyl (C=O) groups excluding carboxylic acids is 2. The van der Waals surface area contributed by atoms with E-state index in [2.05, 4.69) is 12.2 Å². The Bertz CT molecular complexity index is 391. The molecule has 7 heteroatoms.